The van der Waals surface area contributed by atoms with Crippen LogP contribution in [0.3, 0.4) is 0 Å². The summed E-state index contributed by atoms with van der Waals surface area (Å²) < 4.78 is 1.74. The Morgan fingerprint density at radius 2 is 2.28 bits per heavy atom. The van der Waals surface area contributed by atoms with E-state index in [1.807, 2.05) is 18.2 Å². The van der Waals surface area contributed by atoms with Gasteiger partial charge in [0.1, 0.15) is 5.84 Å². The van der Waals surface area contributed by atoms with Gasteiger partial charge in [0.05, 0.1) is 5.56 Å². The lowest BCUT2D eigenvalue weighted by Crippen LogP contribution is -2.30. The van der Waals surface area contributed by atoms with Crippen molar-refractivity contribution < 1.29 is 10.0 Å². The van der Waals surface area contributed by atoms with Crippen molar-refractivity contribution in [2.75, 3.05) is 13.6 Å². The van der Waals surface area contributed by atoms with Crippen molar-refractivity contribution in [2.24, 2.45) is 10.9 Å². The first-order valence-electron chi connectivity index (χ1n) is 5.12. The van der Waals surface area contributed by atoms with E-state index in [0.717, 1.165) is 8.04 Å². The van der Waals surface area contributed by atoms with Gasteiger partial charge in [-0.1, -0.05) is 5.16 Å². The molecule has 0 aliphatic rings. The van der Waals surface area contributed by atoms with Gasteiger partial charge in [0.2, 0.25) is 0 Å². The fraction of sp³-hybridized carbons (Fsp3) is 0.273. The lowest BCUT2D eigenvalue weighted by atomic mass is 10.2. The van der Waals surface area contributed by atoms with Crippen LogP contribution in [0, 0.1) is 3.57 Å². The molecule has 7 heteroatoms. The molecule has 98 valence electrons. The molecule has 3 N–H and O–H groups in total. The number of benzene rings is 1. The van der Waals surface area contributed by atoms with Gasteiger partial charge in [0, 0.05) is 28.1 Å². The second kappa shape index (κ2) is 6.93. The Morgan fingerprint density at radius 1 is 1.61 bits per heavy atom. The van der Waals surface area contributed by atoms with Crippen LogP contribution in [0.2, 0.25) is 0 Å². The highest BCUT2D eigenvalue weighted by molar-refractivity contribution is 14.1. The summed E-state index contributed by atoms with van der Waals surface area (Å²) in [5.41, 5.74) is 5.97. The molecule has 0 fully saturated rings. The summed E-state index contributed by atoms with van der Waals surface area (Å²) in [6.07, 6.45) is 0.334. The first-order chi connectivity index (χ1) is 8.45. The van der Waals surface area contributed by atoms with Gasteiger partial charge in [0.15, 0.2) is 0 Å². The lowest BCUT2D eigenvalue weighted by molar-refractivity contribution is 0.0797. The van der Waals surface area contributed by atoms with E-state index >= 15 is 0 Å². The second-order valence-corrected chi connectivity index (χ2v) is 5.79. The van der Waals surface area contributed by atoms with E-state index in [1.54, 1.807) is 7.05 Å². The molecule has 0 spiro atoms. The van der Waals surface area contributed by atoms with E-state index in [0.29, 0.717) is 18.5 Å². The maximum atomic E-state index is 12.2. The molecule has 1 aromatic carbocycles. The summed E-state index contributed by atoms with van der Waals surface area (Å²) in [4.78, 5) is 13.7. The van der Waals surface area contributed by atoms with Gasteiger partial charge in [-0.05, 0) is 56.7 Å². The summed E-state index contributed by atoms with van der Waals surface area (Å²) in [6, 6.07) is 5.57. The maximum absolute atomic E-state index is 12.2. The number of hydrogen-bond acceptors (Lipinski definition) is 3. The molecule has 1 aromatic rings. The highest BCUT2D eigenvalue weighted by Gasteiger charge is 2.15. The van der Waals surface area contributed by atoms with Crippen LogP contribution in [-0.4, -0.2) is 35.4 Å². The smallest absolute Gasteiger partial charge is 0.254 e. The van der Waals surface area contributed by atoms with Crippen LogP contribution in [0.15, 0.2) is 27.8 Å². The minimum Gasteiger partial charge on any atom is -0.409 e. The van der Waals surface area contributed by atoms with Gasteiger partial charge in [0.25, 0.3) is 5.91 Å². The van der Waals surface area contributed by atoms with Gasteiger partial charge in [-0.3, -0.25) is 4.79 Å². The molecule has 0 saturated carbocycles. The zero-order valence-electron chi connectivity index (χ0n) is 9.73. The Bertz CT molecular complexity index is 479. The van der Waals surface area contributed by atoms with Crippen LogP contribution < -0.4 is 5.73 Å². The Balaban J connectivity index is 2.77. The van der Waals surface area contributed by atoms with E-state index in [1.165, 1.54) is 4.90 Å². The first kappa shape index (κ1) is 15.2. The Hall–Kier alpha value is -0.830. The molecule has 5 nitrogen and oxygen atoms in total. The predicted molar refractivity (Wildman–Crippen MR) is 81.8 cm³/mol. The van der Waals surface area contributed by atoms with Crippen LogP contribution in [0.25, 0.3) is 0 Å². The largest absolute Gasteiger partial charge is 0.409 e. The quantitative estimate of drug-likeness (QED) is 0.255. The summed E-state index contributed by atoms with van der Waals surface area (Å²) in [5.74, 6) is 0.00230. The SMILES string of the molecule is CN(CC/C(N)=N/O)C(=O)c1cc(I)ccc1Br. The molecule has 1 amide bonds. The van der Waals surface area contributed by atoms with Crippen molar-refractivity contribution in [1.82, 2.24) is 4.90 Å². The molecule has 0 aliphatic heterocycles. The standard InChI is InChI=1S/C11H13BrIN3O2/c1-16(5-4-10(14)15-18)11(17)8-6-7(13)2-3-9(8)12/h2-3,6,18H,4-5H2,1H3,(H2,14,15). The molecule has 1 rings (SSSR count). The van der Waals surface area contributed by atoms with Crippen molar-refractivity contribution in [3.05, 3.63) is 31.8 Å². The van der Waals surface area contributed by atoms with Gasteiger partial charge in [-0.25, -0.2) is 0 Å². The van der Waals surface area contributed by atoms with Crippen molar-refractivity contribution in [1.29, 1.82) is 0 Å². The lowest BCUT2D eigenvalue weighted by Gasteiger charge is -2.17. The number of amidine groups is 1. The molecule has 0 unspecified atom stereocenters. The van der Waals surface area contributed by atoms with E-state index in [9.17, 15) is 4.79 Å². The van der Waals surface area contributed by atoms with E-state index < -0.39 is 0 Å². The summed E-state index contributed by atoms with van der Waals surface area (Å²) in [7, 11) is 1.68. The number of carbonyl (C=O) groups excluding carboxylic acids is 1. The molecular formula is C11H13BrIN3O2. The Morgan fingerprint density at radius 3 is 2.89 bits per heavy atom. The summed E-state index contributed by atoms with van der Waals surface area (Å²) >= 11 is 5.51. The monoisotopic (exact) mass is 425 g/mol. The number of amides is 1. The molecule has 0 bridgehead atoms. The average molecular weight is 426 g/mol. The number of nitrogens with zero attached hydrogens (tertiary/aromatic N) is 2. The maximum Gasteiger partial charge on any atom is 0.254 e. The predicted octanol–water partition coefficient (Wildman–Crippen LogP) is 2.26. The number of halogens is 2. The van der Waals surface area contributed by atoms with Crippen LogP contribution in [0.1, 0.15) is 16.8 Å². The molecule has 0 atom stereocenters. The highest BCUT2D eigenvalue weighted by Crippen LogP contribution is 2.20. The molecular weight excluding hydrogens is 413 g/mol. The topological polar surface area (TPSA) is 78.9 Å². The summed E-state index contributed by atoms with van der Waals surface area (Å²) in [6.45, 7) is 0.395. The van der Waals surface area contributed by atoms with Gasteiger partial charge in [-0.15, -0.1) is 0 Å². The van der Waals surface area contributed by atoms with Crippen LogP contribution in [0.5, 0.6) is 0 Å². The van der Waals surface area contributed by atoms with Gasteiger partial charge in [-0.2, -0.15) is 0 Å². The van der Waals surface area contributed by atoms with E-state index in [4.69, 9.17) is 10.9 Å². The third kappa shape index (κ3) is 4.13. The molecule has 18 heavy (non-hydrogen) atoms. The van der Waals surface area contributed by atoms with E-state index in [-0.39, 0.29) is 11.7 Å². The highest BCUT2D eigenvalue weighted by atomic mass is 127. The Labute approximate surface area is 127 Å². The minimum absolute atomic E-state index is 0.105. The van der Waals surface area contributed by atoms with Crippen molar-refractivity contribution in [3.8, 4) is 0 Å². The van der Waals surface area contributed by atoms with Gasteiger partial charge >= 0.3 is 0 Å². The first-order valence-corrected chi connectivity index (χ1v) is 6.99. The minimum atomic E-state index is -0.105. The summed E-state index contributed by atoms with van der Waals surface area (Å²) in [5, 5.41) is 11.3. The number of nitrogens with two attached hydrogens (primary N) is 1. The van der Waals surface area contributed by atoms with E-state index in [2.05, 4.69) is 43.7 Å². The fourth-order valence-corrected chi connectivity index (χ4v) is 2.21. The number of hydrogen-bond donors (Lipinski definition) is 2. The van der Waals surface area contributed by atoms with Crippen LogP contribution in [0.4, 0.5) is 0 Å². The van der Waals surface area contributed by atoms with Crippen LogP contribution in [-0.2, 0) is 0 Å². The number of rotatable bonds is 4. The molecule has 0 heterocycles. The number of carbonyl (C=O) groups is 1. The fourth-order valence-electron chi connectivity index (χ4n) is 1.30. The number of oxime groups is 1. The van der Waals surface area contributed by atoms with Gasteiger partial charge < -0.3 is 15.8 Å². The zero-order valence-corrected chi connectivity index (χ0v) is 13.5. The molecule has 0 radical (unpaired) electrons. The third-order valence-electron chi connectivity index (χ3n) is 2.34. The van der Waals surface area contributed by atoms with Crippen LogP contribution >= 0.6 is 38.5 Å². The van der Waals surface area contributed by atoms with Crippen molar-refractivity contribution in [3.63, 3.8) is 0 Å². The zero-order chi connectivity index (χ0) is 13.7. The normalized spacial score (nSPS) is 11.4. The Kier molecular flexibility index (Phi) is 5.86. The molecule has 0 saturated heterocycles. The second-order valence-electron chi connectivity index (χ2n) is 3.69. The third-order valence-corrected chi connectivity index (χ3v) is 3.70. The molecule has 0 aromatic heterocycles. The average Bonchev–Trinajstić information content (AvgIpc) is 2.37. The van der Waals surface area contributed by atoms with Crippen molar-refractivity contribution >= 4 is 50.3 Å². The molecule has 0 aliphatic carbocycles. The van der Waals surface area contributed by atoms with Crippen molar-refractivity contribution in [2.45, 2.75) is 6.42 Å².